The SMILES string of the molecule is O=C(N[C@]12C[C@H]1CN(C(=O)c1ccc3cccnc3c1)C2)c1ccncc1. The molecule has 5 rings (SSSR count). The predicted octanol–water partition coefficient (Wildman–Crippen LogP) is 2.27. The second-order valence-electron chi connectivity index (χ2n) is 7.34. The van der Waals surface area contributed by atoms with Crippen LogP contribution in [0.3, 0.4) is 0 Å². The van der Waals surface area contributed by atoms with Crippen molar-refractivity contribution in [3.8, 4) is 0 Å². The Morgan fingerprint density at radius 2 is 1.93 bits per heavy atom. The van der Waals surface area contributed by atoms with Gasteiger partial charge in [-0.3, -0.25) is 19.6 Å². The van der Waals surface area contributed by atoms with Crippen molar-refractivity contribution in [3.05, 3.63) is 72.2 Å². The Bertz CT molecular complexity index is 1050. The molecule has 3 aromatic rings. The van der Waals surface area contributed by atoms with Crippen LogP contribution in [0.2, 0.25) is 0 Å². The van der Waals surface area contributed by atoms with Crippen LogP contribution in [-0.4, -0.2) is 45.3 Å². The highest BCUT2D eigenvalue weighted by molar-refractivity contribution is 5.98. The molecule has 0 radical (unpaired) electrons. The van der Waals surface area contributed by atoms with Gasteiger partial charge in [0.15, 0.2) is 0 Å². The molecule has 0 spiro atoms. The van der Waals surface area contributed by atoms with E-state index in [1.54, 1.807) is 30.7 Å². The maximum Gasteiger partial charge on any atom is 0.254 e. The number of hydrogen-bond donors (Lipinski definition) is 1. The van der Waals surface area contributed by atoms with E-state index in [9.17, 15) is 9.59 Å². The van der Waals surface area contributed by atoms with Gasteiger partial charge in [0.05, 0.1) is 11.1 Å². The first-order chi connectivity index (χ1) is 13.1. The highest BCUT2D eigenvalue weighted by atomic mass is 16.2. The van der Waals surface area contributed by atoms with Crippen LogP contribution in [0.5, 0.6) is 0 Å². The molecule has 0 bridgehead atoms. The summed E-state index contributed by atoms with van der Waals surface area (Å²) in [4.78, 5) is 35.5. The van der Waals surface area contributed by atoms with Gasteiger partial charge in [-0.1, -0.05) is 12.1 Å². The van der Waals surface area contributed by atoms with E-state index in [0.717, 1.165) is 17.3 Å². The molecule has 6 heteroatoms. The van der Waals surface area contributed by atoms with Crippen molar-refractivity contribution in [1.82, 2.24) is 20.2 Å². The molecule has 2 aromatic heterocycles. The first-order valence-corrected chi connectivity index (χ1v) is 9.01. The standard InChI is InChI=1S/C21H18N4O2/c26-19(15-5-8-22-9-6-15)24-21-11-17(21)12-25(13-21)20(27)16-4-3-14-2-1-7-23-18(14)10-16/h1-10,17H,11-13H2,(H,24,26)/t17-,21-/m0/s1. The van der Waals surface area contributed by atoms with Crippen molar-refractivity contribution in [2.75, 3.05) is 13.1 Å². The number of carbonyl (C=O) groups is 2. The monoisotopic (exact) mass is 358 g/mol. The van der Waals surface area contributed by atoms with E-state index in [1.165, 1.54) is 0 Å². The van der Waals surface area contributed by atoms with Crippen molar-refractivity contribution in [2.24, 2.45) is 5.92 Å². The van der Waals surface area contributed by atoms with E-state index >= 15 is 0 Å². The zero-order valence-electron chi connectivity index (χ0n) is 14.6. The van der Waals surface area contributed by atoms with Crippen LogP contribution < -0.4 is 5.32 Å². The molecule has 0 unspecified atom stereocenters. The molecule has 1 aliphatic heterocycles. The Morgan fingerprint density at radius 1 is 1.07 bits per heavy atom. The van der Waals surface area contributed by atoms with Gasteiger partial charge in [0.25, 0.3) is 11.8 Å². The van der Waals surface area contributed by atoms with Gasteiger partial charge >= 0.3 is 0 Å². The van der Waals surface area contributed by atoms with Gasteiger partial charge in [-0.15, -0.1) is 0 Å². The summed E-state index contributed by atoms with van der Waals surface area (Å²) >= 11 is 0. The molecule has 6 nitrogen and oxygen atoms in total. The van der Waals surface area contributed by atoms with Crippen molar-refractivity contribution in [1.29, 1.82) is 0 Å². The van der Waals surface area contributed by atoms with E-state index in [0.29, 0.717) is 30.1 Å². The number of carbonyl (C=O) groups excluding carboxylic acids is 2. The minimum absolute atomic E-state index is 0.00714. The quantitative estimate of drug-likeness (QED) is 0.779. The fraction of sp³-hybridized carbons (Fsp3) is 0.238. The highest BCUT2D eigenvalue weighted by Gasteiger charge is 2.61. The Hall–Kier alpha value is -3.28. The van der Waals surface area contributed by atoms with Gasteiger partial charge < -0.3 is 10.2 Å². The van der Waals surface area contributed by atoms with E-state index in [1.807, 2.05) is 35.2 Å². The van der Waals surface area contributed by atoms with Crippen molar-refractivity contribution in [3.63, 3.8) is 0 Å². The second kappa shape index (κ2) is 5.87. The van der Waals surface area contributed by atoms with E-state index in [4.69, 9.17) is 0 Å². The molecule has 2 aliphatic rings. The van der Waals surface area contributed by atoms with Gasteiger partial charge in [-0.05, 0) is 36.8 Å². The number of rotatable bonds is 3. The third kappa shape index (κ3) is 2.73. The zero-order valence-corrected chi connectivity index (χ0v) is 14.6. The summed E-state index contributed by atoms with van der Waals surface area (Å²) in [5.41, 5.74) is 1.76. The topological polar surface area (TPSA) is 75.2 Å². The lowest BCUT2D eigenvalue weighted by molar-refractivity contribution is 0.0760. The minimum Gasteiger partial charge on any atom is -0.344 e. The van der Waals surface area contributed by atoms with Gasteiger partial charge in [-0.2, -0.15) is 0 Å². The van der Waals surface area contributed by atoms with Crippen molar-refractivity contribution in [2.45, 2.75) is 12.0 Å². The highest BCUT2D eigenvalue weighted by Crippen LogP contribution is 2.49. The number of pyridine rings is 2. The van der Waals surface area contributed by atoms with Crippen molar-refractivity contribution >= 4 is 22.7 Å². The summed E-state index contributed by atoms with van der Waals surface area (Å²) in [5.74, 6) is 0.210. The second-order valence-corrected chi connectivity index (χ2v) is 7.34. The largest absolute Gasteiger partial charge is 0.344 e. The van der Waals surface area contributed by atoms with Crippen LogP contribution in [0, 0.1) is 5.92 Å². The average Bonchev–Trinajstić information content (AvgIpc) is 3.26. The normalized spacial score (nSPS) is 23.1. The Labute approximate surface area is 156 Å². The van der Waals surface area contributed by atoms with Crippen LogP contribution in [0.25, 0.3) is 10.9 Å². The summed E-state index contributed by atoms with van der Waals surface area (Å²) < 4.78 is 0. The molecule has 2 fully saturated rings. The third-order valence-electron chi connectivity index (χ3n) is 5.59. The molecular weight excluding hydrogens is 340 g/mol. The van der Waals surface area contributed by atoms with Crippen LogP contribution in [0.15, 0.2) is 61.1 Å². The molecule has 2 amide bonds. The number of benzene rings is 1. The summed E-state index contributed by atoms with van der Waals surface area (Å²) in [5, 5.41) is 4.15. The van der Waals surface area contributed by atoms with Gasteiger partial charge in [-0.25, -0.2) is 0 Å². The number of nitrogens with one attached hydrogen (secondary N) is 1. The molecule has 1 aliphatic carbocycles. The van der Waals surface area contributed by atoms with E-state index in [-0.39, 0.29) is 17.4 Å². The first kappa shape index (κ1) is 15.9. The predicted molar refractivity (Wildman–Crippen MR) is 100 cm³/mol. The van der Waals surface area contributed by atoms with E-state index in [2.05, 4.69) is 15.3 Å². The lowest BCUT2D eigenvalue weighted by atomic mass is 10.1. The molecule has 2 atom stereocenters. The number of nitrogens with zero attached hydrogens (tertiary/aromatic N) is 3. The number of hydrogen-bond acceptors (Lipinski definition) is 4. The number of likely N-dealkylation sites (tertiary alicyclic amines) is 1. The minimum atomic E-state index is -0.287. The Balaban J connectivity index is 1.31. The van der Waals surface area contributed by atoms with E-state index < -0.39 is 0 Å². The fourth-order valence-electron chi connectivity index (χ4n) is 4.02. The van der Waals surface area contributed by atoms with Crippen LogP contribution >= 0.6 is 0 Å². The van der Waals surface area contributed by atoms with Crippen LogP contribution in [0.1, 0.15) is 27.1 Å². The lowest BCUT2D eigenvalue weighted by Gasteiger charge is -2.22. The first-order valence-electron chi connectivity index (χ1n) is 9.01. The van der Waals surface area contributed by atoms with Gasteiger partial charge in [0, 0.05) is 54.1 Å². The molecular formula is C21H18N4O2. The van der Waals surface area contributed by atoms with Gasteiger partial charge in [0.1, 0.15) is 0 Å². The molecule has 3 heterocycles. The third-order valence-corrected chi connectivity index (χ3v) is 5.59. The molecule has 1 saturated heterocycles. The number of aromatic nitrogens is 2. The number of amides is 2. The average molecular weight is 358 g/mol. The van der Waals surface area contributed by atoms with Gasteiger partial charge in [0.2, 0.25) is 0 Å². The van der Waals surface area contributed by atoms with Crippen LogP contribution in [-0.2, 0) is 0 Å². The molecule has 27 heavy (non-hydrogen) atoms. The van der Waals surface area contributed by atoms with Crippen LogP contribution in [0.4, 0.5) is 0 Å². The summed E-state index contributed by atoms with van der Waals surface area (Å²) in [7, 11) is 0. The zero-order chi connectivity index (χ0) is 18.4. The molecule has 1 aromatic carbocycles. The summed E-state index contributed by atoms with van der Waals surface area (Å²) in [6.45, 7) is 1.23. The molecule has 134 valence electrons. The summed E-state index contributed by atoms with van der Waals surface area (Å²) in [6, 6.07) is 12.9. The molecule has 1 saturated carbocycles. The Morgan fingerprint density at radius 3 is 2.78 bits per heavy atom. The number of fused-ring (bicyclic) bond motifs is 2. The maximum atomic E-state index is 12.9. The molecule has 1 N–H and O–H groups in total. The fourth-order valence-corrected chi connectivity index (χ4v) is 4.02. The summed E-state index contributed by atoms with van der Waals surface area (Å²) in [6.07, 6.45) is 5.86. The van der Waals surface area contributed by atoms with Crippen molar-refractivity contribution < 1.29 is 9.59 Å². The smallest absolute Gasteiger partial charge is 0.254 e. The lowest BCUT2D eigenvalue weighted by Crippen LogP contribution is -2.43. The number of piperidine rings is 1. The maximum absolute atomic E-state index is 12.9. The Kier molecular flexibility index (Phi) is 3.47.